The standard InChI is InChI=1S/C17H29F2N3O3.C12H21F2N3O.ClH/c1-12-10-20(11-14(18)19)8-9-21(12)15(23)13-6-5-7-22(13)16(24)25-17(2,3)4;1-9-7-16(8-11(13)14)5-6-17(9)12(18)10-3-2-4-15-10;/h12-14H,5-11H2,1-4H3;9-11,15H,2-8H2,1H3;1H/t12-,13+;9-,10+;/m11./s1. The quantitative estimate of drug-likeness (QED) is 0.439. The molecule has 0 bridgehead atoms. The van der Waals surface area contributed by atoms with Gasteiger partial charge < -0.3 is 19.9 Å². The van der Waals surface area contributed by atoms with E-state index in [1.807, 2.05) is 18.7 Å². The Bertz CT molecular complexity index is 940. The first-order chi connectivity index (χ1) is 20.2. The van der Waals surface area contributed by atoms with Crippen molar-refractivity contribution in [2.45, 2.75) is 103 Å². The number of hydrogen-bond donors (Lipinski definition) is 1. The van der Waals surface area contributed by atoms with E-state index in [-0.39, 0.29) is 55.4 Å². The molecule has 0 aromatic rings. The Hall–Kier alpha value is -1.90. The van der Waals surface area contributed by atoms with Gasteiger partial charge in [0.1, 0.15) is 11.6 Å². The predicted molar refractivity (Wildman–Crippen MR) is 161 cm³/mol. The fourth-order valence-corrected chi connectivity index (χ4v) is 6.29. The Morgan fingerprint density at radius 3 is 1.73 bits per heavy atom. The van der Waals surface area contributed by atoms with Gasteiger partial charge in [-0.25, -0.2) is 22.4 Å². The summed E-state index contributed by atoms with van der Waals surface area (Å²) in [6, 6.07) is -0.707. The molecule has 44 heavy (non-hydrogen) atoms. The predicted octanol–water partition coefficient (Wildman–Crippen LogP) is 3.14. The van der Waals surface area contributed by atoms with Crippen LogP contribution in [0.5, 0.6) is 0 Å². The summed E-state index contributed by atoms with van der Waals surface area (Å²) in [5.41, 5.74) is -0.610. The average molecular weight is 659 g/mol. The normalized spacial score (nSPS) is 26.8. The van der Waals surface area contributed by atoms with Crippen molar-refractivity contribution in [3.63, 3.8) is 0 Å². The van der Waals surface area contributed by atoms with Gasteiger partial charge in [-0.3, -0.25) is 24.3 Å². The fraction of sp³-hybridized carbons (Fsp3) is 0.897. The average Bonchev–Trinajstić information content (AvgIpc) is 3.60. The van der Waals surface area contributed by atoms with Crippen LogP contribution in [0, 0.1) is 0 Å². The van der Waals surface area contributed by atoms with Crippen LogP contribution in [0.15, 0.2) is 0 Å². The first kappa shape index (κ1) is 38.3. The van der Waals surface area contributed by atoms with E-state index in [9.17, 15) is 31.9 Å². The number of nitrogens with zero attached hydrogens (tertiary/aromatic N) is 5. The van der Waals surface area contributed by atoms with E-state index in [1.165, 1.54) is 4.90 Å². The van der Waals surface area contributed by atoms with Gasteiger partial charge in [0.25, 0.3) is 12.9 Å². The summed E-state index contributed by atoms with van der Waals surface area (Å²) < 4.78 is 55.1. The molecule has 4 saturated heterocycles. The van der Waals surface area contributed by atoms with Crippen LogP contribution in [0.25, 0.3) is 0 Å². The molecule has 15 heteroatoms. The molecule has 0 radical (unpaired) electrons. The molecule has 0 aliphatic carbocycles. The highest BCUT2D eigenvalue weighted by molar-refractivity contribution is 5.86. The van der Waals surface area contributed by atoms with Crippen molar-refractivity contribution in [3.05, 3.63) is 0 Å². The minimum atomic E-state index is -2.37. The molecule has 0 spiro atoms. The summed E-state index contributed by atoms with van der Waals surface area (Å²) in [5, 5.41) is 3.19. The second-order valence-electron chi connectivity index (χ2n) is 13.0. The molecule has 0 aromatic heterocycles. The van der Waals surface area contributed by atoms with Crippen LogP contribution in [0.2, 0.25) is 0 Å². The molecule has 4 fully saturated rings. The van der Waals surface area contributed by atoms with Crippen molar-refractivity contribution < 1.29 is 36.7 Å². The van der Waals surface area contributed by atoms with E-state index in [0.29, 0.717) is 52.2 Å². The molecule has 4 rings (SSSR count). The van der Waals surface area contributed by atoms with Crippen LogP contribution in [-0.2, 0) is 14.3 Å². The number of piperazine rings is 2. The summed E-state index contributed by atoms with van der Waals surface area (Å²) in [7, 11) is 0. The maximum atomic E-state index is 12.9. The zero-order chi connectivity index (χ0) is 31.9. The highest BCUT2D eigenvalue weighted by atomic mass is 35.5. The number of halogens is 5. The van der Waals surface area contributed by atoms with Crippen molar-refractivity contribution >= 4 is 30.3 Å². The van der Waals surface area contributed by atoms with Crippen LogP contribution >= 0.6 is 12.4 Å². The molecule has 4 aliphatic heterocycles. The van der Waals surface area contributed by atoms with Crippen molar-refractivity contribution in [1.82, 2.24) is 29.8 Å². The molecule has 4 atom stereocenters. The third kappa shape index (κ3) is 11.2. The number of alkyl halides is 4. The summed E-state index contributed by atoms with van der Waals surface area (Å²) in [6.45, 7) is 13.1. The van der Waals surface area contributed by atoms with Crippen LogP contribution < -0.4 is 5.32 Å². The monoisotopic (exact) mass is 658 g/mol. The Labute approximate surface area is 265 Å². The third-order valence-electron chi connectivity index (χ3n) is 8.31. The van der Waals surface area contributed by atoms with Gasteiger partial charge in [-0.1, -0.05) is 0 Å². The Morgan fingerprint density at radius 1 is 0.773 bits per heavy atom. The fourth-order valence-electron chi connectivity index (χ4n) is 6.29. The van der Waals surface area contributed by atoms with Crippen LogP contribution in [0.1, 0.15) is 60.3 Å². The van der Waals surface area contributed by atoms with E-state index >= 15 is 0 Å². The van der Waals surface area contributed by atoms with Crippen molar-refractivity contribution in [2.75, 3.05) is 65.4 Å². The van der Waals surface area contributed by atoms with E-state index in [4.69, 9.17) is 4.74 Å². The molecule has 4 aliphatic rings. The molecule has 1 N–H and O–H groups in total. The topological polar surface area (TPSA) is 88.7 Å². The SMILES string of the molecule is C[C@@H]1CN(CC(F)F)CCN1C(=O)[C@@H]1CCCN1.C[C@@H]1CN(CC(F)F)CCN1C(=O)[C@@H]1CCCN1C(=O)OC(C)(C)C.Cl. The molecule has 3 amide bonds. The first-order valence-corrected chi connectivity index (χ1v) is 15.5. The lowest BCUT2D eigenvalue weighted by molar-refractivity contribution is -0.141. The Morgan fingerprint density at radius 2 is 1.30 bits per heavy atom. The van der Waals surface area contributed by atoms with Gasteiger partial charge in [0.05, 0.1) is 19.1 Å². The lowest BCUT2D eigenvalue weighted by atomic mass is 10.1. The van der Waals surface area contributed by atoms with Crippen molar-refractivity contribution in [3.8, 4) is 0 Å². The molecule has 0 saturated carbocycles. The zero-order valence-corrected chi connectivity index (χ0v) is 27.5. The summed E-state index contributed by atoms with van der Waals surface area (Å²) >= 11 is 0. The van der Waals surface area contributed by atoms with Crippen LogP contribution in [-0.4, -0.2) is 150 Å². The second kappa shape index (κ2) is 17.1. The maximum absolute atomic E-state index is 12.9. The summed E-state index contributed by atoms with van der Waals surface area (Å²) in [6.07, 6.45) is -1.83. The second-order valence-corrected chi connectivity index (χ2v) is 13.0. The molecule has 10 nitrogen and oxygen atoms in total. The number of likely N-dealkylation sites (tertiary alicyclic amines) is 1. The largest absolute Gasteiger partial charge is 0.444 e. The van der Waals surface area contributed by atoms with Gasteiger partial charge in [0.15, 0.2) is 0 Å². The van der Waals surface area contributed by atoms with Gasteiger partial charge in [-0.15, -0.1) is 12.4 Å². The number of amides is 3. The lowest BCUT2D eigenvalue weighted by Gasteiger charge is -2.41. The highest BCUT2D eigenvalue weighted by Crippen LogP contribution is 2.24. The molecular formula is C29H51ClF4N6O4. The Balaban J connectivity index is 0.000000315. The van der Waals surface area contributed by atoms with E-state index in [2.05, 4.69) is 5.32 Å². The zero-order valence-electron chi connectivity index (χ0n) is 26.7. The van der Waals surface area contributed by atoms with Gasteiger partial charge >= 0.3 is 6.09 Å². The van der Waals surface area contributed by atoms with E-state index < -0.39 is 30.6 Å². The molecule has 0 aromatic carbocycles. The number of rotatable bonds is 6. The molecular weight excluding hydrogens is 608 g/mol. The highest BCUT2D eigenvalue weighted by Gasteiger charge is 2.41. The van der Waals surface area contributed by atoms with Crippen LogP contribution in [0.3, 0.4) is 0 Å². The molecule has 4 heterocycles. The number of carbonyl (C=O) groups excluding carboxylic acids is 3. The third-order valence-corrected chi connectivity index (χ3v) is 8.31. The van der Waals surface area contributed by atoms with Crippen molar-refractivity contribution in [1.29, 1.82) is 0 Å². The molecule has 256 valence electrons. The van der Waals surface area contributed by atoms with Gasteiger partial charge in [-0.2, -0.15) is 0 Å². The van der Waals surface area contributed by atoms with Crippen molar-refractivity contribution in [2.24, 2.45) is 0 Å². The lowest BCUT2D eigenvalue weighted by Crippen LogP contribution is -2.58. The molecule has 0 unspecified atom stereocenters. The minimum absolute atomic E-state index is 0. The number of ether oxygens (including phenoxy) is 1. The van der Waals surface area contributed by atoms with Gasteiger partial charge in [0, 0.05) is 57.9 Å². The summed E-state index contributed by atoms with van der Waals surface area (Å²) in [4.78, 5) is 46.0. The van der Waals surface area contributed by atoms with E-state index in [1.54, 1.807) is 35.5 Å². The number of hydrogen-bond acceptors (Lipinski definition) is 7. The smallest absolute Gasteiger partial charge is 0.410 e. The first-order valence-electron chi connectivity index (χ1n) is 15.5. The maximum Gasteiger partial charge on any atom is 0.410 e. The number of nitrogens with one attached hydrogen (secondary N) is 1. The van der Waals surface area contributed by atoms with Crippen LogP contribution in [0.4, 0.5) is 22.4 Å². The van der Waals surface area contributed by atoms with Gasteiger partial charge in [0.2, 0.25) is 11.8 Å². The minimum Gasteiger partial charge on any atom is -0.444 e. The number of carbonyl (C=O) groups is 3. The van der Waals surface area contributed by atoms with E-state index in [0.717, 1.165) is 25.8 Å². The van der Waals surface area contributed by atoms with Gasteiger partial charge in [-0.05, 0) is 66.8 Å². The summed E-state index contributed by atoms with van der Waals surface area (Å²) in [5.74, 6) is 0.0317. The Kier molecular flexibility index (Phi) is 14.9.